The number of nitrogens with one attached hydrogen (secondary N) is 1. The van der Waals surface area contributed by atoms with E-state index in [-0.39, 0.29) is 43.9 Å². The molecular weight excluding hydrogens is 430 g/mol. The molecule has 1 N–H and O–H groups in total. The van der Waals surface area contributed by atoms with Crippen molar-refractivity contribution in [3.05, 3.63) is 0 Å². The van der Waals surface area contributed by atoms with Crippen molar-refractivity contribution in [3.8, 4) is 0 Å². The van der Waals surface area contributed by atoms with Gasteiger partial charge in [0.05, 0.1) is 43.9 Å². The monoisotopic (exact) mass is 470 g/mol. The van der Waals surface area contributed by atoms with Crippen molar-refractivity contribution in [2.45, 2.75) is 38.3 Å². The quantitative estimate of drug-likeness (QED) is 0.475. The van der Waals surface area contributed by atoms with Gasteiger partial charge in [-0.05, 0) is 42.0 Å². The summed E-state index contributed by atoms with van der Waals surface area (Å²) in [5.41, 5.74) is 0. The average Bonchev–Trinajstić information content (AvgIpc) is 2.64. The Balaban J connectivity index is 2.01. The molecule has 6 unspecified atom stereocenters. The first kappa shape index (κ1) is 26.4. The SMILES string of the molecule is CNCP(=O)(OCC1CN(C)CC(C)O1)N1CC(C)OC(COP(C)(=O)N(C)C)C1. The summed E-state index contributed by atoms with van der Waals surface area (Å²) in [5.74, 6) is 0. The topological polar surface area (TPSA) is 92.8 Å². The molecule has 0 aromatic rings. The zero-order chi connectivity index (χ0) is 22.5. The fourth-order valence-corrected chi connectivity index (χ4v) is 6.53. The maximum Gasteiger partial charge on any atom is 0.286 e. The zero-order valence-electron chi connectivity index (χ0n) is 19.4. The van der Waals surface area contributed by atoms with Crippen LogP contribution in [0.25, 0.3) is 0 Å². The molecule has 30 heavy (non-hydrogen) atoms. The minimum atomic E-state index is -3.15. The summed E-state index contributed by atoms with van der Waals surface area (Å²) in [5, 5.41) is 3.01. The van der Waals surface area contributed by atoms with Crippen molar-refractivity contribution in [2.24, 2.45) is 0 Å². The van der Waals surface area contributed by atoms with Crippen molar-refractivity contribution in [1.82, 2.24) is 19.6 Å². The van der Waals surface area contributed by atoms with Gasteiger partial charge in [0.15, 0.2) is 0 Å². The highest BCUT2D eigenvalue weighted by molar-refractivity contribution is 7.56. The Labute approximate surface area is 181 Å². The summed E-state index contributed by atoms with van der Waals surface area (Å²) in [6.07, 6.45) is -0.253. The third-order valence-electron chi connectivity index (χ3n) is 5.29. The Bertz CT molecular complexity index is 630. The summed E-state index contributed by atoms with van der Waals surface area (Å²) in [6, 6.07) is 0. The Morgan fingerprint density at radius 1 is 1.00 bits per heavy atom. The van der Waals surface area contributed by atoms with Gasteiger partial charge < -0.3 is 28.7 Å². The fraction of sp³-hybridized carbons (Fsp3) is 1.00. The smallest absolute Gasteiger partial charge is 0.286 e. The fourth-order valence-electron chi connectivity index (χ4n) is 3.69. The Kier molecular flexibility index (Phi) is 9.96. The van der Waals surface area contributed by atoms with E-state index in [1.54, 1.807) is 32.5 Å². The summed E-state index contributed by atoms with van der Waals surface area (Å²) < 4.78 is 53.3. The molecule has 178 valence electrons. The molecule has 2 rings (SSSR count). The van der Waals surface area contributed by atoms with Crippen molar-refractivity contribution < 1.29 is 27.7 Å². The van der Waals surface area contributed by atoms with Gasteiger partial charge in [0, 0.05) is 32.8 Å². The van der Waals surface area contributed by atoms with Crippen molar-refractivity contribution >= 4 is 15.0 Å². The molecule has 0 amide bonds. The van der Waals surface area contributed by atoms with Gasteiger partial charge in [0.25, 0.3) is 15.0 Å². The third-order valence-corrected chi connectivity index (χ3v) is 9.83. The summed E-state index contributed by atoms with van der Waals surface area (Å²) in [4.78, 5) is 2.20. The van der Waals surface area contributed by atoms with Crippen molar-refractivity contribution in [1.29, 1.82) is 0 Å². The highest BCUT2D eigenvalue weighted by Crippen LogP contribution is 2.51. The Hall–Kier alpha value is 0.140. The van der Waals surface area contributed by atoms with E-state index in [0.717, 1.165) is 13.1 Å². The lowest BCUT2D eigenvalue weighted by atomic mass is 10.2. The van der Waals surface area contributed by atoms with E-state index in [2.05, 4.69) is 10.2 Å². The molecule has 0 aromatic carbocycles. The molecule has 2 heterocycles. The molecule has 0 aliphatic carbocycles. The summed E-state index contributed by atoms with van der Waals surface area (Å²) in [6.45, 7) is 8.48. The van der Waals surface area contributed by atoms with E-state index >= 15 is 0 Å². The number of nitrogens with zero attached hydrogens (tertiary/aromatic N) is 3. The second-order valence-corrected chi connectivity index (χ2v) is 13.7. The standard InChI is InChI=1S/C18H40N4O6P2/c1-15-8-21(6)10-17(27-15)13-26-30(24,14-19-3)22-9-16(2)28-18(11-22)12-25-29(7,23)20(4)5/h15-19H,8-14H2,1-7H3. The molecule has 2 aliphatic rings. The second kappa shape index (κ2) is 11.3. The molecule has 0 saturated carbocycles. The number of morpholine rings is 2. The average molecular weight is 470 g/mol. The molecule has 6 atom stereocenters. The zero-order valence-corrected chi connectivity index (χ0v) is 21.2. The highest BCUT2D eigenvalue weighted by atomic mass is 31.2. The largest absolute Gasteiger partial charge is 0.370 e. The van der Waals surface area contributed by atoms with Crippen LogP contribution in [0.15, 0.2) is 0 Å². The third kappa shape index (κ3) is 7.62. The summed E-state index contributed by atoms with van der Waals surface area (Å²) in [7, 11) is 1.24. The van der Waals surface area contributed by atoms with E-state index < -0.39 is 15.0 Å². The molecule has 0 radical (unpaired) electrons. The first-order valence-electron chi connectivity index (χ1n) is 10.5. The van der Waals surface area contributed by atoms with Crippen LogP contribution in [0.4, 0.5) is 0 Å². The maximum absolute atomic E-state index is 13.8. The van der Waals surface area contributed by atoms with Crippen LogP contribution in [-0.2, 0) is 27.7 Å². The predicted octanol–water partition coefficient (Wildman–Crippen LogP) is 1.58. The van der Waals surface area contributed by atoms with Crippen LogP contribution in [-0.4, -0.2) is 119 Å². The maximum atomic E-state index is 13.8. The lowest BCUT2D eigenvalue weighted by molar-refractivity contribution is -0.0903. The van der Waals surface area contributed by atoms with Gasteiger partial charge in [0.2, 0.25) is 0 Å². The number of likely N-dealkylation sites (N-methyl/N-ethyl adjacent to an activating group) is 1. The van der Waals surface area contributed by atoms with Crippen LogP contribution in [0.1, 0.15) is 13.8 Å². The molecule has 0 bridgehead atoms. The molecule has 10 nitrogen and oxygen atoms in total. The first-order valence-corrected chi connectivity index (χ1v) is 14.3. The van der Waals surface area contributed by atoms with Gasteiger partial charge in [-0.15, -0.1) is 0 Å². The van der Waals surface area contributed by atoms with E-state index in [1.165, 1.54) is 0 Å². The van der Waals surface area contributed by atoms with Crippen LogP contribution in [0.2, 0.25) is 0 Å². The van der Waals surface area contributed by atoms with E-state index in [9.17, 15) is 9.13 Å². The number of rotatable bonds is 10. The molecule has 12 heteroatoms. The molecule has 0 aromatic heterocycles. The van der Waals surface area contributed by atoms with Crippen LogP contribution in [0, 0.1) is 0 Å². The van der Waals surface area contributed by atoms with Gasteiger partial charge >= 0.3 is 0 Å². The number of hydrogen-bond donors (Lipinski definition) is 1. The second-order valence-electron chi connectivity index (χ2n) is 8.62. The minimum Gasteiger partial charge on any atom is -0.370 e. The highest BCUT2D eigenvalue weighted by Gasteiger charge is 2.39. The van der Waals surface area contributed by atoms with Gasteiger partial charge in [0.1, 0.15) is 0 Å². The van der Waals surface area contributed by atoms with Gasteiger partial charge in [-0.2, -0.15) is 0 Å². The van der Waals surface area contributed by atoms with Crippen LogP contribution in [0.5, 0.6) is 0 Å². The Morgan fingerprint density at radius 3 is 2.13 bits per heavy atom. The Morgan fingerprint density at radius 2 is 1.57 bits per heavy atom. The molecular formula is C18H40N4O6P2. The molecule has 0 spiro atoms. The van der Waals surface area contributed by atoms with E-state index in [1.807, 2.05) is 25.6 Å². The molecule has 2 fully saturated rings. The van der Waals surface area contributed by atoms with Gasteiger partial charge in [-0.25, -0.2) is 9.34 Å². The number of hydrogen-bond acceptors (Lipinski definition) is 8. The van der Waals surface area contributed by atoms with Crippen LogP contribution >= 0.6 is 15.0 Å². The van der Waals surface area contributed by atoms with E-state index in [4.69, 9.17) is 18.5 Å². The number of ether oxygens (including phenoxy) is 2. The van der Waals surface area contributed by atoms with Gasteiger partial charge in [-0.3, -0.25) is 9.13 Å². The predicted molar refractivity (Wildman–Crippen MR) is 118 cm³/mol. The van der Waals surface area contributed by atoms with Crippen LogP contribution < -0.4 is 5.32 Å². The minimum absolute atomic E-state index is 0.118. The first-order chi connectivity index (χ1) is 13.9. The molecule has 2 aliphatic heterocycles. The van der Waals surface area contributed by atoms with E-state index in [0.29, 0.717) is 13.1 Å². The van der Waals surface area contributed by atoms with Crippen molar-refractivity contribution in [2.75, 3.05) is 80.5 Å². The molecule has 2 saturated heterocycles. The lowest BCUT2D eigenvalue weighted by Gasteiger charge is -2.41. The lowest BCUT2D eigenvalue weighted by Crippen LogP contribution is -2.49. The van der Waals surface area contributed by atoms with Gasteiger partial charge in [-0.1, -0.05) is 0 Å². The normalized spacial score (nSPS) is 33.3. The van der Waals surface area contributed by atoms with Crippen molar-refractivity contribution in [3.63, 3.8) is 0 Å². The summed E-state index contributed by atoms with van der Waals surface area (Å²) >= 11 is 0. The van der Waals surface area contributed by atoms with Crippen LogP contribution in [0.3, 0.4) is 0 Å².